The Morgan fingerprint density at radius 2 is 2.29 bits per heavy atom. The first-order valence-corrected chi connectivity index (χ1v) is 7.38. The van der Waals surface area contributed by atoms with Crippen molar-refractivity contribution in [3.05, 3.63) is 51.0 Å². The molecule has 1 aromatic carbocycles. The minimum absolute atomic E-state index is 0.00672. The number of hydrogen-bond donors (Lipinski definition) is 0. The molecule has 0 fully saturated rings. The van der Waals surface area contributed by atoms with Gasteiger partial charge in [0.25, 0.3) is 0 Å². The lowest BCUT2D eigenvalue weighted by molar-refractivity contribution is 0.0977. The highest BCUT2D eigenvalue weighted by Crippen LogP contribution is 2.22. The smallest absolute Gasteiger partial charge is 0.186 e. The molecule has 0 saturated heterocycles. The Kier molecular flexibility index (Phi) is 5.50. The van der Waals surface area contributed by atoms with E-state index in [1.165, 1.54) is 12.3 Å². The van der Waals surface area contributed by atoms with E-state index in [-0.39, 0.29) is 22.8 Å². The average Bonchev–Trinajstić information content (AvgIpc) is 2.82. The van der Waals surface area contributed by atoms with Crippen LogP contribution in [-0.2, 0) is 17.7 Å². The van der Waals surface area contributed by atoms with E-state index < -0.39 is 5.82 Å². The Bertz CT molecular complexity index is 660. The van der Waals surface area contributed by atoms with E-state index in [4.69, 9.17) is 16.3 Å². The van der Waals surface area contributed by atoms with Crippen molar-refractivity contribution in [2.75, 3.05) is 13.7 Å². The topological polar surface area (TPSA) is 44.1 Å². The maximum absolute atomic E-state index is 13.9. The molecule has 0 N–H and O–H groups in total. The highest BCUT2D eigenvalue weighted by Gasteiger charge is 2.19. The van der Waals surface area contributed by atoms with E-state index in [0.29, 0.717) is 23.3 Å². The predicted octanol–water partition coefficient (Wildman–Crippen LogP) is 3.51. The van der Waals surface area contributed by atoms with Gasteiger partial charge >= 0.3 is 0 Å². The average molecular weight is 376 g/mol. The van der Waals surface area contributed by atoms with Gasteiger partial charge in [0, 0.05) is 13.5 Å². The van der Waals surface area contributed by atoms with Crippen LogP contribution in [0.2, 0.25) is 5.02 Å². The number of methoxy groups -OCH3 is 1. The summed E-state index contributed by atoms with van der Waals surface area (Å²) < 4.78 is 21.0. The van der Waals surface area contributed by atoms with Gasteiger partial charge in [0.2, 0.25) is 0 Å². The zero-order chi connectivity index (χ0) is 15.4. The first kappa shape index (κ1) is 16.1. The molecule has 0 saturated carbocycles. The van der Waals surface area contributed by atoms with E-state index in [1.54, 1.807) is 23.9 Å². The third-order valence-corrected chi connectivity index (χ3v) is 3.82. The van der Waals surface area contributed by atoms with Gasteiger partial charge in [0.05, 0.1) is 28.8 Å². The zero-order valence-corrected chi connectivity index (χ0v) is 13.6. The zero-order valence-electron chi connectivity index (χ0n) is 11.3. The largest absolute Gasteiger partial charge is 0.383 e. The van der Waals surface area contributed by atoms with Crippen LogP contribution in [-0.4, -0.2) is 29.3 Å². The summed E-state index contributed by atoms with van der Waals surface area (Å²) in [5.41, 5.74) is 0.658. The minimum Gasteiger partial charge on any atom is -0.383 e. The lowest BCUT2D eigenvalue weighted by Gasteiger charge is -2.08. The van der Waals surface area contributed by atoms with Crippen molar-refractivity contribution in [3.63, 3.8) is 0 Å². The molecule has 2 aromatic rings. The van der Waals surface area contributed by atoms with E-state index in [9.17, 15) is 9.18 Å². The van der Waals surface area contributed by atoms with Crippen molar-refractivity contribution < 1.29 is 13.9 Å². The summed E-state index contributed by atoms with van der Waals surface area (Å²) >= 11 is 9.01. The molecule has 0 aliphatic heterocycles. The monoisotopic (exact) mass is 374 g/mol. The van der Waals surface area contributed by atoms with Crippen molar-refractivity contribution in [2.24, 2.45) is 0 Å². The van der Waals surface area contributed by atoms with Crippen molar-refractivity contribution in [1.29, 1.82) is 0 Å². The Morgan fingerprint density at radius 3 is 3.00 bits per heavy atom. The summed E-state index contributed by atoms with van der Waals surface area (Å²) in [5, 5.41) is 4.11. The van der Waals surface area contributed by atoms with Gasteiger partial charge in [-0.15, -0.1) is 0 Å². The number of Topliss-reactive ketones (excluding diaryl/α,β-unsaturated/α-hetero) is 1. The lowest BCUT2D eigenvalue weighted by Crippen LogP contribution is -2.16. The van der Waals surface area contributed by atoms with Crippen molar-refractivity contribution in [3.8, 4) is 0 Å². The number of hydrogen-bond acceptors (Lipinski definition) is 3. The summed E-state index contributed by atoms with van der Waals surface area (Å²) in [6.07, 6.45) is 1.46. The number of ether oxygens (including phenoxy) is 1. The van der Waals surface area contributed by atoms with Crippen LogP contribution in [0.4, 0.5) is 4.39 Å². The molecule has 21 heavy (non-hydrogen) atoms. The summed E-state index contributed by atoms with van der Waals surface area (Å²) in [6, 6.07) is 4.61. The fourth-order valence-electron chi connectivity index (χ4n) is 1.93. The molecule has 0 aliphatic rings. The van der Waals surface area contributed by atoms with Crippen LogP contribution in [0, 0.1) is 5.82 Å². The highest BCUT2D eigenvalue weighted by molar-refractivity contribution is 9.10. The Morgan fingerprint density at radius 1 is 1.52 bits per heavy atom. The maximum atomic E-state index is 13.9. The Balaban J connectivity index is 2.24. The van der Waals surface area contributed by atoms with Crippen LogP contribution in [0.5, 0.6) is 0 Å². The second-order valence-corrected chi connectivity index (χ2v) is 5.63. The van der Waals surface area contributed by atoms with E-state index in [2.05, 4.69) is 21.0 Å². The van der Waals surface area contributed by atoms with Crippen LogP contribution < -0.4 is 0 Å². The molecule has 4 nitrogen and oxygen atoms in total. The number of nitrogens with zero attached hydrogens (tertiary/aromatic N) is 2. The van der Waals surface area contributed by atoms with Gasteiger partial charge in [-0.3, -0.25) is 9.48 Å². The number of benzene rings is 1. The van der Waals surface area contributed by atoms with Crippen molar-refractivity contribution in [1.82, 2.24) is 9.78 Å². The number of rotatable bonds is 6. The third-order valence-electron chi connectivity index (χ3n) is 2.95. The van der Waals surface area contributed by atoms with Crippen LogP contribution in [0.1, 0.15) is 16.1 Å². The molecule has 0 unspecified atom stereocenters. The second kappa shape index (κ2) is 7.15. The lowest BCUT2D eigenvalue weighted by atomic mass is 10.1. The number of carbonyl (C=O) groups is 1. The molecule has 0 atom stereocenters. The van der Waals surface area contributed by atoms with Gasteiger partial charge < -0.3 is 4.74 Å². The molecule has 7 heteroatoms. The van der Waals surface area contributed by atoms with Crippen LogP contribution in [0.3, 0.4) is 0 Å². The van der Waals surface area contributed by atoms with Crippen LogP contribution in [0.15, 0.2) is 28.9 Å². The summed E-state index contributed by atoms with van der Waals surface area (Å²) in [6.45, 7) is 0.876. The predicted molar refractivity (Wildman–Crippen MR) is 81.2 cm³/mol. The number of halogens is 3. The molecule has 0 radical (unpaired) electrons. The van der Waals surface area contributed by atoms with E-state index in [1.807, 2.05) is 0 Å². The van der Waals surface area contributed by atoms with Crippen LogP contribution in [0.25, 0.3) is 0 Å². The quantitative estimate of drug-likeness (QED) is 0.726. The molecule has 0 amide bonds. The van der Waals surface area contributed by atoms with Gasteiger partial charge in [-0.2, -0.15) is 5.10 Å². The van der Waals surface area contributed by atoms with Crippen LogP contribution >= 0.6 is 27.5 Å². The normalized spacial score (nSPS) is 10.9. The molecule has 112 valence electrons. The van der Waals surface area contributed by atoms with Gasteiger partial charge in [-0.05, 0) is 27.6 Å². The summed E-state index contributed by atoms with van der Waals surface area (Å²) in [4.78, 5) is 12.4. The molecule has 0 aliphatic carbocycles. The van der Waals surface area contributed by atoms with Gasteiger partial charge in [-0.25, -0.2) is 4.39 Å². The fourth-order valence-corrected chi connectivity index (χ4v) is 2.64. The summed E-state index contributed by atoms with van der Waals surface area (Å²) in [5.74, 6) is -0.803. The molecule has 2 rings (SSSR count). The van der Waals surface area contributed by atoms with E-state index in [0.717, 1.165) is 0 Å². The fraction of sp³-hybridized carbons (Fsp3) is 0.286. The molecule has 0 bridgehead atoms. The van der Waals surface area contributed by atoms with E-state index >= 15 is 0 Å². The van der Waals surface area contributed by atoms with Crippen molar-refractivity contribution >= 4 is 33.3 Å². The standard InChI is InChI=1S/C14H13BrClFN2O2/c1-21-6-5-19-14(10(15)8-18-19)12(20)7-9-3-2-4-11(16)13(9)17/h2-4,8H,5-7H2,1H3. The molecule has 1 aromatic heterocycles. The molecular weight excluding hydrogens is 363 g/mol. The third kappa shape index (κ3) is 3.70. The maximum Gasteiger partial charge on any atom is 0.186 e. The first-order valence-electron chi connectivity index (χ1n) is 6.21. The number of carbonyl (C=O) groups excluding carboxylic acids is 1. The summed E-state index contributed by atoms with van der Waals surface area (Å²) in [7, 11) is 1.57. The second-order valence-electron chi connectivity index (χ2n) is 4.37. The SMILES string of the molecule is COCCn1ncc(Br)c1C(=O)Cc1cccc(Cl)c1F. The number of ketones is 1. The van der Waals surface area contributed by atoms with Gasteiger partial charge in [0.1, 0.15) is 11.5 Å². The Hall–Kier alpha value is -1.24. The first-order chi connectivity index (χ1) is 10.0. The number of aromatic nitrogens is 2. The molecular formula is C14H13BrClFN2O2. The molecule has 0 spiro atoms. The van der Waals surface area contributed by atoms with Gasteiger partial charge in [-0.1, -0.05) is 23.7 Å². The minimum atomic E-state index is -0.563. The molecule has 1 heterocycles. The highest BCUT2D eigenvalue weighted by atomic mass is 79.9. The van der Waals surface area contributed by atoms with Crippen molar-refractivity contribution in [2.45, 2.75) is 13.0 Å². The Labute approximate surface area is 135 Å². The van der Waals surface area contributed by atoms with Gasteiger partial charge in [0.15, 0.2) is 5.78 Å².